The third-order valence-electron chi connectivity index (χ3n) is 3.66. The maximum absolute atomic E-state index is 12.9. The number of benzene rings is 1. The van der Waals surface area contributed by atoms with Crippen molar-refractivity contribution >= 4 is 17.4 Å². The summed E-state index contributed by atoms with van der Waals surface area (Å²) in [5, 5.41) is 12.1. The zero-order chi connectivity index (χ0) is 18.6. The lowest BCUT2D eigenvalue weighted by atomic mass is 10.0. The highest BCUT2D eigenvalue weighted by molar-refractivity contribution is 6.33. The monoisotopic (exact) mass is 368 g/mol. The number of nitrogens with one attached hydrogen (secondary N) is 1. The van der Waals surface area contributed by atoms with Gasteiger partial charge in [-0.15, -0.1) is 0 Å². The van der Waals surface area contributed by atoms with Gasteiger partial charge < -0.3 is 10.2 Å². The van der Waals surface area contributed by atoms with Gasteiger partial charge in [0.2, 0.25) is 0 Å². The van der Waals surface area contributed by atoms with Crippen molar-refractivity contribution in [2.75, 3.05) is 26.0 Å². The number of anilines is 1. The van der Waals surface area contributed by atoms with Crippen LogP contribution in [0.15, 0.2) is 36.5 Å². The second-order valence-electron chi connectivity index (χ2n) is 5.65. The minimum atomic E-state index is -4.39. The fourth-order valence-corrected chi connectivity index (χ4v) is 2.58. The van der Waals surface area contributed by atoms with E-state index in [0.29, 0.717) is 23.5 Å². The summed E-state index contributed by atoms with van der Waals surface area (Å²) in [5.41, 5.74) is 0.168. The van der Waals surface area contributed by atoms with Crippen LogP contribution >= 0.6 is 11.6 Å². The van der Waals surface area contributed by atoms with Gasteiger partial charge in [-0.05, 0) is 37.9 Å². The van der Waals surface area contributed by atoms with Crippen molar-refractivity contribution in [2.45, 2.75) is 12.2 Å². The molecule has 1 aromatic heterocycles. The van der Waals surface area contributed by atoms with Crippen LogP contribution in [0.4, 0.5) is 19.0 Å². The van der Waals surface area contributed by atoms with Crippen LogP contribution in [0, 0.1) is 11.3 Å². The lowest BCUT2D eigenvalue weighted by Gasteiger charge is -2.26. The number of hydrogen-bond donors (Lipinski definition) is 1. The van der Waals surface area contributed by atoms with Crippen molar-refractivity contribution in [2.24, 2.45) is 0 Å². The van der Waals surface area contributed by atoms with Crippen molar-refractivity contribution in [3.63, 3.8) is 0 Å². The van der Waals surface area contributed by atoms with Crippen molar-refractivity contribution in [3.05, 3.63) is 58.2 Å². The minimum Gasteiger partial charge on any atom is -0.367 e. The molecule has 1 unspecified atom stereocenters. The number of likely N-dealkylation sites (N-methyl/N-ethyl adjacent to an activating group) is 1. The molecule has 0 saturated heterocycles. The summed E-state index contributed by atoms with van der Waals surface area (Å²) in [5.74, 6) is 0.375. The van der Waals surface area contributed by atoms with Crippen LogP contribution in [0.5, 0.6) is 0 Å². The van der Waals surface area contributed by atoms with E-state index >= 15 is 0 Å². The van der Waals surface area contributed by atoms with E-state index in [-0.39, 0.29) is 11.1 Å². The third kappa shape index (κ3) is 4.84. The molecule has 0 bridgehead atoms. The van der Waals surface area contributed by atoms with E-state index in [2.05, 4.69) is 10.3 Å². The zero-order valence-electron chi connectivity index (χ0n) is 13.6. The Morgan fingerprint density at radius 2 is 2.04 bits per heavy atom. The van der Waals surface area contributed by atoms with Crippen LogP contribution in [-0.4, -0.2) is 30.5 Å². The number of nitriles is 1. The highest BCUT2D eigenvalue weighted by Crippen LogP contribution is 2.32. The molecule has 0 amide bonds. The number of nitrogens with zero attached hydrogens (tertiary/aromatic N) is 3. The molecule has 0 saturated carbocycles. The molecule has 0 radical (unpaired) electrons. The van der Waals surface area contributed by atoms with Gasteiger partial charge in [-0.1, -0.05) is 23.7 Å². The first kappa shape index (κ1) is 19.0. The van der Waals surface area contributed by atoms with Gasteiger partial charge in [-0.25, -0.2) is 4.98 Å². The molecular weight excluding hydrogens is 353 g/mol. The maximum atomic E-state index is 12.9. The van der Waals surface area contributed by atoms with Crippen LogP contribution in [0.3, 0.4) is 0 Å². The summed E-state index contributed by atoms with van der Waals surface area (Å²) in [6.45, 7) is 0.299. The molecule has 132 valence electrons. The average molecular weight is 369 g/mol. The second-order valence-corrected chi connectivity index (χ2v) is 6.06. The molecule has 8 heteroatoms. The Kier molecular flexibility index (Phi) is 5.88. The Morgan fingerprint density at radius 1 is 1.32 bits per heavy atom. The van der Waals surface area contributed by atoms with Crippen LogP contribution in [-0.2, 0) is 6.18 Å². The predicted molar refractivity (Wildman–Crippen MR) is 90.3 cm³/mol. The highest BCUT2D eigenvalue weighted by atomic mass is 35.5. The van der Waals surface area contributed by atoms with Crippen molar-refractivity contribution in [1.29, 1.82) is 5.26 Å². The van der Waals surface area contributed by atoms with Crippen LogP contribution in [0.1, 0.15) is 22.7 Å². The molecule has 25 heavy (non-hydrogen) atoms. The normalized spacial score (nSPS) is 12.7. The van der Waals surface area contributed by atoms with Crippen molar-refractivity contribution < 1.29 is 13.2 Å². The molecule has 2 rings (SSSR count). The van der Waals surface area contributed by atoms with E-state index in [1.807, 2.05) is 6.07 Å². The molecule has 0 fully saturated rings. The zero-order valence-corrected chi connectivity index (χ0v) is 14.4. The lowest BCUT2D eigenvalue weighted by Crippen LogP contribution is -2.27. The smallest absolute Gasteiger partial charge is 0.367 e. The Bertz CT molecular complexity index is 784. The summed E-state index contributed by atoms with van der Waals surface area (Å²) in [4.78, 5) is 5.87. The quantitative estimate of drug-likeness (QED) is 0.853. The van der Waals surface area contributed by atoms with E-state index in [1.54, 1.807) is 25.1 Å². The fourth-order valence-electron chi connectivity index (χ4n) is 2.34. The SMILES string of the molecule is CN(C)C(CNc1ncc(C#N)cc1Cl)c1cccc(C(F)(F)F)c1. The van der Waals surface area contributed by atoms with Crippen LogP contribution in [0.25, 0.3) is 0 Å². The number of halogens is 4. The summed E-state index contributed by atoms with van der Waals surface area (Å²) >= 11 is 6.06. The van der Waals surface area contributed by atoms with Gasteiger partial charge in [0.15, 0.2) is 0 Å². The summed E-state index contributed by atoms with van der Waals surface area (Å²) in [6, 6.07) is 8.31. The highest BCUT2D eigenvalue weighted by Gasteiger charge is 2.31. The van der Waals surface area contributed by atoms with Crippen LogP contribution < -0.4 is 5.32 Å². The molecule has 1 heterocycles. The molecule has 1 atom stereocenters. The van der Waals surface area contributed by atoms with E-state index < -0.39 is 11.7 Å². The fraction of sp³-hybridized carbons (Fsp3) is 0.294. The van der Waals surface area contributed by atoms with Gasteiger partial charge in [0.25, 0.3) is 0 Å². The molecule has 4 nitrogen and oxygen atoms in total. The topological polar surface area (TPSA) is 52.0 Å². The van der Waals surface area contributed by atoms with Gasteiger partial charge in [0.05, 0.1) is 22.2 Å². The Labute approximate surface area is 148 Å². The van der Waals surface area contributed by atoms with E-state index in [1.165, 1.54) is 18.3 Å². The number of rotatable bonds is 5. The number of alkyl halides is 3. The largest absolute Gasteiger partial charge is 0.416 e. The molecule has 0 aliphatic rings. The van der Waals surface area contributed by atoms with Gasteiger partial charge in [-0.3, -0.25) is 0 Å². The van der Waals surface area contributed by atoms with Crippen LogP contribution in [0.2, 0.25) is 5.02 Å². The molecule has 2 aromatic rings. The molecule has 0 aliphatic carbocycles. The standard InChI is InChI=1S/C17H16ClF3N4/c1-25(2)15(12-4-3-5-13(7-12)17(19,20)21)10-24-16-14(18)6-11(8-22)9-23-16/h3-7,9,15H,10H2,1-2H3,(H,23,24). The van der Waals surface area contributed by atoms with E-state index in [9.17, 15) is 13.2 Å². The first-order valence-electron chi connectivity index (χ1n) is 7.35. The molecule has 0 aliphatic heterocycles. The summed E-state index contributed by atoms with van der Waals surface area (Å²) in [6.07, 6.45) is -3.01. The van der Waals surface area contributed by atoms with Crippen molar-refractivity contribution in [3.8, 4) is 6.07 Å². The maximum Gasteiger partial charge on any atom is 0.416 e. The number of hydrogen-bond acceptors (Lipinski definition) is 4. The summed E-state index contributed by atoms with van der Waals surface area (Å²) < 4.78 is 38.8. The van der Waals surface area contributed by atoms with Gasteiger partial charge >= 0.3 is 6.18 Å². The molecule has 1 aromatic carbocycles. The Balaban J connectivity index is 2.21. The summed E-state index contributed by atoms with van der Waals surface area (Å²) in [7, 11) is 3.56. The second kappa shape index (κ2) is 7.72. The molecular formula is C17H16ClF3N4. The lowest BCUT2D eigenvalue weighted by molar-refractivity contribution is -0.137. The Hall–Kier alpha value is -2.30. The first-order chi connectivity index (χ1) is 11.7. The molecule has 1 N–H and O–H groups in total. The van der Waals surface area contributed by atoms with E-state index in [4.69, 9.17) is 16.9 Å². The first-order valence-corrected chi connectivity index (χ1v) is 7.73. The van der Waals surface area contributed by atoms with E-state index in [0.717, 1.165) is 12.1 Å². The van der Waals surface area contributed by atoms with Gasteiger partial charge in [0, 0.05) is 12.7 Å². The minimum absolute atomic E-state index is 0.278. The Morgan fingerprint density at radius 3 is 2.60 bits per heavy atom. The third-order valence-corrected chi connectivity index (χ3v) is 3.94. The van der Waals surface area contributed by atoms with Gasteiger partial charge in [-0.2, -0.15) is 18.4 Å². The van der Waals surface area contributed by atoms with Gasteiger partial charge in [0.1, 0.15) is 11.9 Å². The molecule has 0 spiro atoms. The van der Waals surface area contributed by atoms with Crippen molar-refractivity contribution in [1.82, 2.24) is 9.88 Å². The predicted octanol–water partition coefficient (Wildman–Crippen LogP) is 4.34. The number of pyridine rings is 1. The number of aromatic nitrogens is 1. The average Bonchev–Trinajstić information content (AvgIpc) is 2.55.